The molecule has 0 saturated heterocycles. The van der Waals surface area contributed by atoms with Crippen molar-refractivity contribution in [3.8, 4) is 0 Å². The number of hydrogen-bond donors (Lipinski definition) is 2. The fourth-order valence-electron chi connectivity index (χ4n) is 1.92. The van der Waals surface area contributed by atoms with Gasteiger partial charge in [-0.3, -0.25) is 9.59 Å². The van der Waals surface area contributed by atoms with E-state index in [1.165, 1.54) is 0 Å². The van der Waals surface area contributed by atoms with Crippen LogP contribution in [0, 0.1) is 3.57 Å². The molecule has 2 N–H and O–H groups in total. The van der Waals surface area contributed by atoms with E-state index >= 15 is 0 Å². The minimum absolute atomic E-state index is 0.132. The average Bonchev–Trinajstić information content (AvgIpc) is 2.53. The second-order valence-corrected chi connectivity index (χ2v) is 5.93. The SMILES string of the molecule is CCCNC(=O)c1cccc(NC(=O)c2ccccc2I)c1. The summed E-state index contributed by atoms with van der Waals surface area (Å²) in [6, 6.07) is 14.3. The predicted octanol–water partition coefficient (Wildman–Crippen LogP) is 3.68. The van der Waals surface area contributed by atoms with Crippen molar-refractivity contribution in [3.05, 3.63) is 63.2 Å². The predicted molar refractivity (Wildman–Crippen MR) is 96.2 cm³/mol. The first-order chi connectivity index (χ1) is 10.6. The van der Waals surface area contributed by atoms with Gasteiger partial charge in [-0.2, -0.15) is 0 Å². The third kappa shape index (κ3) is 4.30. The molecule has 0 spiro atoms. The Balaban J connectivity index is 2.12. The largest absolute Gasteiger partial charge is 0.352 e. The van der Waals surface area contributed by atoms with Gasteiger partial charge in [0.25, 0.3) is 11.8 Å². The average molecular weight is 408 g/mol. The van der Waals surface area contributed by atoms with Crippen molar-refractivity contribution in [2.45, 2.75) is 13.3 Å². The third-order valence-corrected chi connectivity index (χ3v) is 3.98. The Morgan fingerprint density at radius 1 is 1.05 bits per heavy atom. The highest BCUT2D eigenvalue weighted by molar-refractivity contribution is 14.1. The highest BCUT2D eigenvalue weighted by Gasteiger charge is 2.11. The summed E-state index contributed by atoms with van der Waals surface area (Å²) in [4.78, 5) is 24.2. The van der Waals surface area contributed by atoms with Gasteiger partial charge in [0, 0.05) is 21.4 Å². The lowest BCUT2D eigenvalue weighted by Gasteiger charge is -2.09. The molecular formula is C17H17IN2O2. The van der Waals surface area contributed by atoms with E-state index in [4.69, 9.17) is 0 Å². The molecule has 0 unspecified atom stereocenters. The van der Waals surface area contributed by atoms with Crippen LogP contribution in [0.3, 0.4) is 0 Å². The summed E-state index contributed by atoms with van der Waals surface area (Å²) in [5.74, 6) is -0.316. The summed E-state index contributed by atoms with van der Waals surface area (Å²) in [6.07, 6.45) is 0.884. The summed E-state index contributed by atoms with van der Waals surface area (Å²) in [5, 5.41) is 5.64. The van der Waals surface area contributed by atoms with Crippen molar-refractivity contribution in [1.82, 2.24) is 5.32 Å². The molecule has 0 fully saturated rings. The number of amides is 2. The number of halogens is 1. The number of rotatable bonds is 5. The van der Waals surface area contributed by atoms with Gasteiger partial charge in [-0.15, -0.1) is 0 Å². The molecule has 0 heterocycles. The second kappa shape index (κ2) is 7.93. The molecule has 2 aromatic carbocycles. The normalized spacial score (nSPS) is 10.1. The van der Waals surface area contributed by atoms with E-state index < -0.39 is 0 Å². The number of benzene rings is 2. The van der Waals surface area contributed by atoms with Gasteiger partial charge < -0.3 is 10.6 Å². The smallest absolute Gasteiger partial charge is 0.256 e. The number of nitrogens with one attached hydrogen (secondary N) is 2. The summed E-state index contributed by atoms with van der Waals surface area (Å²) in [7, 11) is 0. The standard InChI is InChI=1S/C17H17IN2O2/c1-2-10-19-16(21)12-6-5-7-13(11-12)20-17(22)14-8-3-4-9-15(14)18/h3-9,11H,2,10H2,1H3,(H,19,21)(H,20,22). The molecule has 2 amide bonds. The maximum Gasteiger partial charge on any atom is 0.256 e. The van der Waals surface area contributed by atoms with E-state index in [0.29, 0.717) is 23.4 Å². The van der Waals surface area contributed by atoms with Gasteiger partial charge in [-0.25, -0.2) is 0 Å². The summed E-state index contributed by atoms with van der Waals surface area (Å²) < 4.78 is 0.884. The Bertz CT molecular complexity index is 686. The molecule has 0 aliphatic rings. The number of hydrogen-bond acceptors (Lipinski definition) is 2. The van der Waals surface area contributed by atoms with Crippen LogP contribution < -0.4 is 10.6 Å². The summed E-state index contributed by atoms with van der Waals surface area (Å²) in [5.41, 5.74) is 1.76. The van der Waals surface area contributed by atoms with E-state index in [0.717, 1.165) is 9.99 Å². The Hall–Kier alpha value is -1.89. The fraction of sp³-hybridized carbons (Fsp3) is 0.176. The van der Waals surface area contributed by atoms with Gasteiger partial charge in [-0.05, 0) is 59.3 Å². The van der Waals surface area contributed by atoms with Gasteiger partial charge >= 0.3 is 0 Å². The van der Waals surface area contributed by atoms with Crippen molar-refractivity contribution in [1.29, 1.82) is 0 Å². The van der Waals surface area contributed by atoms with Crippen molar-refractivity contribution < 1.29 is 9.59 Å². The molecule has 0 aliphatic heterocycles. The topological polar surface area (TPSA) is 58.2 Å². The molecule has 0 saturated carbocycles. The van der Waals surface area contributed by atoms with Crippen LogP contribution in [0.4, 0.5) is 5.69 Å². The summed E-state index contributed by atoms with van der Waals surface area (Å²) in [6.45, 7) is 2.63. The molecule has 5 heteroatoms. The van der Waals surface area contributed by atoms with Gasteiger partial charge in [0.15, 0.2) is 0 Å². The third-order valence-electron chi connectivity index (χ3n) is 3.04. The minimum Gasteiger partial charge on any atom is -0.352 e. The van der Waals surface area contributed by atoms with E-state index in [-0.39, 0.29) is 11.8 Å². The second-order valence-electron chi connectivity index (χ2n) is 4.77. The zero-order chi connectivity index (χ0) is 15.9. The molecule has 2 aromatic rings. The first-order valence-corrected chi connectivity index (χ1v) is 8.14. The van der Waals surface area contributed by atoms with Crippen LogP contribution in [-0.2, 0) is 0 Å². The van der Waals surface area contributed by atoms with E-state index in [2.05, 4.69) is 33.2 Å². The van der Waals surface area contributed by atoms with E-state index in [1.54, 1.807) is 30.3 Å². The van der Waals surface area contributed by atoms with Crippen molar-refractivity contribution in [3.63, 3.8) is 0 Å². The van der Waals surface area contributed by atoms with E-state index in [1.807, 2.05) is 25.1 Å². The number of anilines is 1. The molecule has 0 aliphatic carbocycles. The van der Waals surface area contributed by atoms with Crippen LogP contribution in [-0.4, -0.2) is 18.4 Å². The zero-order valence-electron chi connectivity index (χ0n) is 12.2. The van der Waals surface area contributed by atoms with Crippen LogP contribution in [0.15, 0.2) is 48.5 Å². The van der Waals surface area contributed by atoms with Crippen LogP contribution in [0.25, 0.3) is 0 Å². The van der Waals surface area contributed by atoms with Crippen LogP contribution in [0.5, 0.6) is 0 Å². The number of carbonyl (C=O) groups excluding carboxylic acids is 2. The van der Waals surface area contributed by atoms with Gasteiger partial charge in [0.1, 0.15) is 0 Å². The lowest BCUT2D eigenvalue weighted by Crippen LogP contribution is -2.24. The highest BCUT2D eigenvalue weighted by atomic mass is 127. The zero-order valence-corrected chi connectivity index (χ0v) is 14.4. The fourth-order valence-corrected chi connectivity index (χ4v) is 2.55. The van der Waals surface area contributed by atoms with E-state index in [9.17, 15) is 9.59 Å². The van der Waals surface area contributed by atoms with Crippen molar-refractivity contribution in [2.24, 2.45) is 0 Å². The Kier molecular flexibility index (Phi) is 5.94. The Morgan fingerprint density at radius 2 is 1.82 bits per heavy atom. The Morgan fingerprint density at radius 3 is 2.55 bits per heavy atom. The van der Waals surface area contributed by atoms with Crippen LogP contribution >= 0.6 is 22.6 Å². The molecular weight excluding hydrogens is 391 g/mol. The minimum atomic E-state index is -0.184. The molecule has 2 rings (SSSR count). The van der Waals surface area contributed by atoms with Gasteiger partial charge in [-0.1, -0.05) is 25.1 Å². The lowest BCUT2D eigenvalue weighted by molar-refractivity contribution is 0.0952. The molecule has 0 atom stereocenters. The van der Waals surface area contributed by atoms with Gasteiger partial charge in [0.2, 0.25) is 0 Å². The molecule has 0 radical (unpaired) electrons. The molecule has 0 aromatic heterocycles. The van der Waals surface area contributed by atoms with Crippen molar-refractivity contribution in [2.75, 3.05) is 11.9 Å². The molecule has 114 valence electrons. The summed E-state index contributed by atoms with van der Waals surface area (Å²) >= 11 is 2.13. The first-order valence-electron chi connectivity index (χ1n) is 7.06. The molecule has 4 nitrogen and oxygen atoms in total. The van der Waals surface area contributed by atoms with Crippen LogP contribution in [0.2, 0.25) is 0 Å². The monoisotopic (exact) mass is 408 g/mol. The highest BCUT2D eigenvalue weighted by Crippen LogP contribution is 2.16. The molecule has 0 bridgehead atoms. The van der Waals surface area contributed by atoms with Crippen LogP contribution in [0.1, 0.15) is 34.1 Å². The Labute approximate surface area is 143 Å². The van der Waals surface area contributed by atoms with Crippen molar-refractivity contribution >= 4 is 40.1 Å². The quantitative estimate of drug-likeness (QED) is 0.742. The maximum atomic E-state index is 12.3. The molecule has 22 heavy (non-hydrogen) atoms. The number of carbonyl (C=O) groups is 2. The maximum absolute atomic E-state index is 12.3. The lowest BCUT2D eigenvalue weighted by atomic mass is 10.1. The van der Waals surface area contributed by atoms with Gasteiger partial charge in [0.05, 0.1) is 5.56 Å². The first kappa shape index (κ1) is 16.5.